The van der Waals surface area contributed by atoms with Crippen LogP contribution in [0.15, 0.2) is 54.6 Å². The molecular formula is C22H22N2O4. The third-order valence-electron chi connectivity index (χ3n) is 5.27. The highest BCUT2D eigenvalue weighted by Crippen LogP contribution is 2.23. The summed E-state index contributed by atoms with van der Waals surface area (Å²) >= 11 is 0. The van der Waals surface area contributed by atoms with Gasteiger partial charge in [-0.2, -0.15) is 0 Å². The molecule has 1 unspecified atom stereocenters. The number of rotatable bonds is 5. The molecule has 1 atom stereocenters. The lowest BCUT2D eigenvalue weighted by Gasteiger charge is -2.33. The van der Waals surface area contributed by atoms with Crippen LogP contribution < -0.4 is 4.74 Å². The molecule has 2 aromatic rings. The van der Waals surface area contributed by atoms with Crippen molar-refractivity contribution in [2.45, 2.75) is 12.8 Å². The number of imide groups is 1. The van der Waals surface area contributed by atoms with Crippen molar-refractivity contribution in [1.29, 1.82) is 0 Å². The Kier molecular flexibility index (Phi) is 5.10. The number of hydrogen-bond acceptors (Lipinski definition) is 4. The van der Waals surface area contributed by atoms with E-state index in [-0.39, 0.29) is 18.4 Å². The van der Waals surface area contributed by atoms with Gasteiger partial charge in [0.15, 0.2) is 0 Å². The number of para-hydroxylation sites is 1. The van der Waals surface area contributed by atoms with Gasteiger partial charge in [0, 0.05) is 19.0 Å². The molecule has 2 aromatic carbocycles. The lowest BCUT2D eigenvalue weighted by atomic mass is 9.99. The number of likely N-dealkylation sites (tertiary alicyclic amines) is 1. The van der Waals surface area contributed by atoms with Gasteiger partial charge < -0.3 is 9.64 Å². The standard InChI is InChI=1S/C22H22N2O4/c25-20(14-24-21(26)18-10-4-5-11-19(18)22(24)27)23-12-6-7-16(13-23)15-28-17-8-2-1-3-9-17/h1-5,8-11,16H,6-7,12-15H2. The third kappa shape index (κ3) is 3.63. The highest BCUT2D eigenvalue weighted by molar-refractivity contribution is 6.22. The highest BCUT2D eigenvalue weighted by Gasteiger charge is 2.37. The molecule has 0 aromatic heterocycles. The van der Waals surface area contributed by atoms with Gasteiger partial charge in [0.2, 0.25) is 5.91 Å². The first-order valence-corrected chi connectivity index (χ1v) is 9.54. The quantitative estimate of drug-likeness (QED) is 0.750. The average Bonchev–Trinajstić information content (AvgIpc) is 2.98. The fourth-order valence-corrected chi connectivity index (χ4v) is 3.78. The molecule has 1 fully saturated rings. The summed E-state index contributed by atoms with van der Waals surface area (Å²) in [5.41, 5.74) is 0.737. The molecule has 3 amide bonds. The summed E-state index contributed by atoms with van der Waals surface area (Å²) in [6, 6.07) is 16.3. The van der Waals surface area contributed by atoms with Crippen LogP contribution in [0.2, 0.25) is 0 Å². The number of amides is 3. The molecule has 0 bridgehead atoms. The van der Waals surface area contributed by atoms with Gasteiger partial charge in [0.05, 0.1) is 17.7 Å². The van der Waals surface area contributed by atoms with Gasteiger partial charge >= 0.3 is 0 Å². The number of benzene rings is 2. The molecule has 2 aliphatic rings. The van der Waals surface area contributed by atoms with E-state index in [1.807, 2.05) is 30.3 Å². The van der Waals surface area contributed by atoms with Crippen LogP contribution in [0.5, 0.6) is 5.75 Å². The first-order chi connectivity index (χ1) is 13.6. The van der Waals surface area contributed by atoms with Gasteiger partial charge in [-0.15, -0.1) is 0 Å². The molecule has 2 heterocycles. The zero-order valence-corrected chi connectivity index (χ0v) is 15.5. The molecule has 0 spiro atoms. The Morgan fingerprint density at radius 2 is 1.61 bits per heavy atom. The van der Waals surface area contributed by atoms with Crippen molar-refractivity contribution in [2.75, 3.05) is 26.2 Å². The van der Waals surface area contributed by atoms with Crippen molar-refractivity contribution in [3.05, 3.63) is 65.7 Å². The number of hydrogen-bond donors (Lipinski definition) is 0. The largest absolute Gasteiger partial charge is 0.493 e. The average molecular weight is 378 g/mol. The van der Waals surface area contributed by atoms with E-state index in [2.05, 4.69) is 0 Å². The molecule has 4 rings (SSSR count). The first kappa shape index (κ1) is 18.2. The Bertz CT molecular complexity index is 861. The number of fused-ring (bicyclic) bond motifs is 1. The SMILES string of the molecule is O=C(CN1C(=O)c2ccccc2C1=O)N1CCCC(COc2ccccc2)C1. The second-order valence-corrected chi connectivity index (χ2v) is 7.21. The predicted molar refractivity (Wildman–Crippen MR) is 103 cm³/mol. The van der Waals surface area contributed by atoms with Crippen LogP contribution in [0, 0.1) is 5.92 Å². The third-order valence-corrected chi connectivity index (χ3v) is 5.27. The summed E-state index contributed by atoms with van der Waals surface area (Å²) in [5.74, 6) is 0.0702. The minimum Gasteiger partial charge on any atom is -0.493 e. The Labute approximate surface area is 163 Å². The van der Waals surface area contributed by atoms with Crippen LogP contribution in [0.1, 0.15) is 33.6 Å². The summed E-state index contributed by atoms with van der Waals surface area (Å²) in [6.45, 7) is 1.55. The lowest BCUT2D eigenvalue weighted by molar-refractivity contribution is -0.133. The first-order valence-electron chi connectivity index (χ1n) is 9.54. The van der Waals surface area contributed by atoms with Gasteiger partial charge in [-0.05, 0) is 37.1 Å². The number of carbonyl (C=O) groups excluding carboxylic acids is 3. The molecule has 2 aliphatic heterocycles. The Hall–Kier alpha value is -3.15. The maximum Gasteiger partial charge on any atom is 0.262 e. The fourth-order valence-electron chi connectivity index (χ4n) is 3.78. The van der Waals surface area contributed by atoms with Crippen LogP contribution in [0.25, 0.3) is 0 Å². The summed E-state index contributed by atoms with van der Waals surface area (Å²) < 4.78 is 5.83. The molecule has 1 saturated heterocycles. The van der Waals surface area contributed by atoms with Crippen molar-refractivity contribution in [3.63, 3.8) is 0 Å². The van der Waals surface area contributed by atoms with Crippen molar-refractivity contribution < 1.29 is 19.1 Å². The number of ether oxygens (including phenoxy) is 1. The maximum atomic E-state index is 12.8. The second kappa shape index (κ2) is 7.84. The smallest absolute Gasteiger partial charge is 0.262 e. The summed E-state index contributed by atoms with van der Waals surface area (Å²) in [4.78, 5) is 40.5. The van der Waals surface area contributed by atoms with Crippen LogP contribution in [-0.4, -0.2) is 53.8 Å². The van der Waals surface area contributed by atoms with Crippen LogP contribution >= 0.6 is 0 Å². The van der Waals surface area contributed by atoms with E-state index in [1.165, 1.54) is 0 Å². The van der Waals surface area contributed by atoms with E-state index < -0.39 is 11.8 Å². The van der Waals surface area contributed by atoms with Gasteiger partial charge in [-0.25, -0.2) is 0 Å². The summed E-state index contributed by atoms with van der Waals surface area (Å²) in [7, 11) is 0. The fraction of sp³-hybridized carbons (Fsp3) is 0.318. The van der Waals surface area contributed by atoms with Crippen LogP contribution in [-0.2, 0) is 4.79 Å². The molecule has 0 N–H and O–H groups in total. The number of carbonyl (C=O) groups is 3. The Balaban J connectivity index is 1.35. The van der Waals surface area contributed by atoms with Crippen molar-refractivity contribution in [2.24, 2.45) is 5.92 Å². The maximum absolute atomic E-state index is 12.8. The summed E-state index contributed by atoms with van der Waals surface area (Å²) in [5, 5.41) is 0. The van der Waals surface area contributed by atoms with Gasteiger partial charge in [0.1, 0.15) is 12.3 Å². The van der Waals surface area contributed by atoms with Crippen molar-refractivity contribution in [1.82, 2.24) is 9.80 Å². The van der Waals surface area contributed by atoms with Gasteiger partial charge in [-0.1, -0.05) is 30.3 Å². The normalized spacial score (nSPS) is 18.9. The predicted octanol–water partition coefficient (Wildman–Crippen LogP) is 2.60. The minimum absolute atomic E-state index is 0.195. The highest BCUT2D eigenvalue weighted by atomic mass is 16.5. The van der Waals surface area contributed by atoms with Crippen molar-refractivity contribution in [3.8, 4) is 5.75 Å². The van der Waals surface area contributed by atoms with E-state index >= 15 is 0 Å². The second-order valence-electron chi connectivity index (χ2n) is 7.21. The molecule has 28 heavy (non-hydrogen) atoms. The van der Waals surface area contributed by atoms with Crippen LogP contribution in [0.3, 0.4) is 0 Å². The molecular weight excluding hydrogens is 356 g/mol. The van der Waals surface area contributed by atoms with Crippen molar-refractivity contribution >= 4 is 17.7 Å². The van der Waals surface area contributed by atoms with E-state index in [0.29, 0.717) is 30.8 Å². The van der Waals surface area contributed by atoms with E-state index in [9.17, 15) is 14.4 Å². The van der Waals surface area contributed by atoms with E-state index in [4.69, 9.17) is 4.74 Å². The molecule has 0 radical (unpaired) electrons. The van der Waals surface area contributed by atoms with Crippen LogP contribution in [0.4, 0.5) is 0 Å². The van der Waals surface area contributed by atoms with E-state index in [0.717, 1.165) is 23.5 Å². The number of piperidine rings is 1. The monoisotopic (exact) mass is 378 g/mol. The Morgan fingerprint density at radius 1 is 0.964 bits per heavy atom. The Morgan fingerprint density at radius 3 is 2.29 bits per heavy atom. The van der Waals surface area contributed by atoms with E-state index in [1.54, 1.807) is 29.2 Å². The minimum atomic E-state index is -0.394. The zero-order chi connectivity index (χ0) is 19.5. The number of nitrogens with zero attached hydrogens (tertiary/aromatic N) is 2. The molecule has 6 nitrogen and oxygen atoms in total. The molecule has 144 valence electrons. The lowest BCUT2D eigenvalue weighted by Crippen LogP contribution is -2.47. The van der Waals surface area contributed by atoms with Gasteiger partial charge in [0.25, 0.3) is 11.8 Å². The zero-order valence-electron chi connectivity index (χ0n) is 15.5. The van der Waals surface area contributed by atoms with Gasteiger partial charge in [-0.3, -0.25) is 19.3 Å². The molecule has 0 aliphatic carbocycles. The molecule has 6 heteroatoms. The topological polar surface area (TPSA) is 66.9 Å². The summed E-state index contributed by atoms with van der Waals surface area (Å²) in [6.07, 6.45) is 1.88. The molecule has 0 saturated carbocycles.